The molecule has 0 N–H and O–H groups in total. The Balaban J connectivity index is 1.17. The minimum atomic E-state index is -0.755. The van der Waals surface area contributed by atoms with Gasteiger partial charge in [0.2, 0.25) is 0 Å². The molecule has 0 bridgehead atoms. The topological polar surface area (TPSA) is 105 Å². The van der Waals surface area contributed by atoms with Gasteiger partial charge in [-0.2, -0.15) is 0 Å². The van der Waals surface area contributed by atoms with E-state index in [-0.39, 0.29) is 22.3 Å². The summed E-state index contributed by atoms with van der Waals surface area (Å²) in [5.74, 6) is -0.833. The van der Waals surface area contributed by atoms with Crippen molar-refractivity contribution in [3.8, 4) is 23.0 Å². The van der Waals surface area contributed by atoms with Crippen LogP contribution >= 0.6 is 0 Å². The van der Waals surface area contributed by atoms with Crippen LogP contribution in [0, 0.1) is 0 Å². The maximum absolute atomic E-state index is 12.1. The SMILES string of the molecule is O=C1OC(=O)c2cc(Oc3ccc(C(c4ccccc4)(c4ccccc4)c4ccc(Oc5ccc6c(c5)C(=O)OC6=O)cc4)cc3)ccc21. The standard InChI is InChI=1S/C41H24O8/c42-37-33-21-19-31(23-35(33)39(44)48-37)46-29-15-11-27(12-16-29)41(25-7-3-1-4-8-25,26-9-5-2-6-10-26)28-13-17-30(18-14-28)47-32-20-22-34-36(24-32)40(45)49-38(34)43/h1-24H. The quantitative estimate of drug-likeness (QED) is 0.0926. The van der Waals surface area contributed by atoms with E-state index in [9.17, 15) is 19.2 Å². The first-order valence-corrected chi connectivity index (χ1v) is 15.4. The van der Waals surface area contributed by atoms with Crippen molar-refractivity contribution in [2.24, 2.45) is 0 Å². The zero-order chi connectivity index (χ0) is 33.5. The van der Waals surface area contributed by atoms with Crippen LogP contribution in [0.4, 0.5) is 0 Å². The van der Waals surface area contributed by atoms with Crippen LogP contribution < -0.4 is 9.47 Å². The van der Waals surface area contributed by atoms with Crippen LogP contribution in [0.2, 0.25) is 0 Å². The molecule has 0 unspecified atom stereocenters. The summed E-state index contributed by atoms with van der Waals surface area (Å²) < 4.78 is 21.6. The Labute approximate surface area is 280 Å². The third-order valence-electron chi connectivity index (χ3n) is 8.69. The van der Waals surface area contributed by atoms with Crippen molar-refractivity contribution < 1.29 is 38.1 Å². The summed E-state index contributed by atoms with van der Waals surface area (Å²) in [6, 6.07) is 45.2. The molecule has 0 saturated heterocycles. The number of esters is 4. The number of benzene rings is 6. The van der Waals surface area contributed by atoms with Gasteiger partial charge in [-0.15, -0.1) is 0 Å². The first kappa shape index (κ1) is 29.6. The lowest BCUT2D eigenvalue weighted by atomic mass is 9.65. The van der Waals surface area contributed by atoms with Gasteiger partial charge in [0.1, 0.15) is 23.0 Å². The molecule has 0 amide bonds. The molecule has 0 aliphatic carbocycles. The fraction of sp³-hybridized carbons (Fsp3) is 0.0244. The van der Waals surface area contributed by atoms with E-state index in [4.69, 9.17) is 18.9 Å². The second kappa shape index (κ2) is 11.8. The average Bonchev–Trinajstić information content (AvgIpc) is 3.58. The van der Waals surface area contributed by atoms with E-state index in [2.05, 4.69) is 24.3 Å². The Kier molecular flexibility index (Phi) is 7.11. The molecule has 2 heterocycles. The van der Waals surface area contributed by atoms with E-state index >= 15 is 0 Å². The number of cyclic esters (lactones) is 4. The number of hydrogen-bond acceptors (Lipinski definition) is 8. The van der Waals surface area contributed by atoms with Gasteiger partial charge in [-0.3, -0.25) is 0 Å². The second-order valence-electron chi connectivity index (χ2n) is 11.5. The van der Waals surface area contributed by atoms with Crippen LogP contribution in [0.5, 0.6) is 23.0 Å². The molecule has 6 aromatic carbocycles. The first-order chi connectivity index (χ1) is 23.9. The van der Waals surface area contributed by atoms with Crippen LogP contribution in [0.25, 0.3) is 0 Å². The number of ether oxygens (including phenoxy) is 4. The Morgan fingerprint density at radius 2 is 0.673 bits per heavy atom. The molecule has 0 spiro atoms. The third-order valence-corrected chi connectivity index (χ3v) is 8.69. The molecule has 0 radical (unpaired) electrons. The van der Waals surface area contributed by atoms with Crippen LogP contribution in [0.1, 0.15) is 63.7 Å². The van der Waals surface area contributed by atoms with E-state index in [0.29, 0.717) is 23.0 Å². The van der Waals surface area contributed by atoms with Gasteiger partial charge in [-0.1, -0.05) is 84.9 Å². The van der Waals surface area contributed by atoms with Gasteiger partial charge < -0.3 is 18.9 Å². The molecule has 236 valence electrons. The Hall–Kier alpha value is -6.80. The van der Waals surface area contributed by atoms with Gasteiger partial charge in [-0.05, 0) is 82.9 Å². The molecule has 8 heteroatoms. The number of hydrogen-bond donors (Lipinski definition) is 0. The highest BCUT2D eigenvalue weighted by Gasteiger charge is 2.38. The van der Waals surface area contributed by atoms with Crippen molar-refractivity contribution in [1.29, 1.82) is 0 Å². The lowest BCUT2D eigenvalue weighted by molar-refractivity contribution is 0.0425. The highest BCUT2D eigenvalue weighted by Crippen LogP contribution is 2.46. The van der Waals surface area contributed by atoms with E-state index in [1.165, 1.54) is 24.3 Å². The van der Waals surface area contributed by atoms with Gasteiger partial charge in [0.15, 0.2) is 0 Å². The summed E-state index contributed by atoms with van der Waals surface area (Å²) in [5.41, 5.74) is 4.03. The highest BCUT2D eigenvalue weighted by atomic mass is 16.6. The molecule has 0 saturated carbocycles. The zero-order valence-electron chi connectivity index (χ0n) is 25.6. The van der Waals surface area contributed by atoms with Gasteiger partial charge in [0.25, 0.3) is 0 Å². The zero-order valence-corrected chi connectivity index (χ0v) is 25.6. The predicted molar refractivity (Wildman–Crippen MR) is 177 cm³/mol. The summed E-state index contributed by atoms with van der Waals surface area (Å²) in [6.07, 6.45) is 0. The maximum Gasteiger partial charge on any atom is 0.347 e. The fourth-order valence-corrected chi connectivity index (χ4v) is 6.45. The first-order valence-electron chi connectivity index (χ1n) is 15.4. The Morgan fingerprint density at radius 1 is 0.347 bits per heavy atom. The molecular formula is C41H24O8. The van der Waals surface area contributed by atoms with Gasteiger partial charge in [0, 0.05) is 0 Å². The Bertz CT molecular complexity index is 2110. The van der Waals surface area contributed by atoms with E-state index in [1.807, 2.05) is 84.9 Å². The third kappa shape index (κ3) is 5.12. The summed E-state index contributed by atoms with van der Waals surface area (Å²) in [7, 11) is 0. The minimum absolute atomic E-state index is 0.174. The number of carbonyl (C=O) groups excluding carboxylic acids is 4. The van der Waals surface area contributed by atoms with Crippen LogP contribution in [0.15, 0.2) is 146 Å². The largest absolute Gasteiger partial charge is 0.457 e. The van der Waals surface area contributed by atoms with Crippen molar-refractivity contribution in [2.75, 3.05) is 0 Å². The molecule has 0 aromatic heterocycles. The molecule has 2 aliphatic rings. The van der Waals surface area contributed by atoms with Crippen molar-refractivity contribution in [1.82, 2.24) is 0 Å². The van der Waals surface area contributed by atoms with E-state index in [0.717, 1.165) is 22.3 Å². The fourth-order valence-electron chi connectivity index (χ4n) is 6.45. The number of carbonyl (C=O) groups is 4. The van der Waals surface area contributed by atoms with Crippen LogP contribution in [-0.4, -0.2) is 23.9 Å². The summed E-state index contributed by atoms with van der Waals surface area (Å²) in [5, 5.41) is 0. The second-order valence-corrected chi connectivity index (χ2v) is 11.5. The molecule has 8 rings (SSSR count). The number of fused-ring (bicyclic) bond motifs is 2. The summed E-state index contributed by atoms with van der Waals surface area (Å²) in [4.78, 5) is 47.9. The van der Waals surface area contributed by atoms with E-state index < -0.39 is 29.3 Å². The van der Waals surface area contributed by atoms with Gasteiger partial charge >= 0.3 is 23.9 Å². The summed E-state index contributed by atoms with van der Waals surface area (Å²) >= 11 is 0. The highest BCUT2D eigenvalue weighted by molar-refractivity contribution is 6.15. The average molecular weight is 645 g/mol. The molecule has 49 heavy (non-hydrogen) atoms. The van der Waals surface area contributed by atoms with Crippen molar-refractivity contribution >= 4 is 23.9 Å². The van der Waals surface area contributed by atoms with Crippen LogP contribution in [-0.2, 0) is 14.9 Å². The van der Waals surface area contributed by atoms with Crippen LogP contribution in [0.3, 0.4) is 0 Å². The molecule has 8 nitrogen and oxygen atoms in total. The summed E-state index contributed by atoms with van der Waals surface area (Å²) in [6.45, 7) is 0. The van der Waals surface area contributed by atoms with Crippen molar-refractivity contribution in [3.63, 3.8) is 0 Å². The van der Waals surface area contributed by atoms with Crippen molar-refractivity contribution in [3.05, 3.63) is 190 Å². The molecule has 6 aromatic rings. The number of rotatable bonds is 8. The van der Waals surface area contributed by atoms with E-state index in [1.54, 1.807) is 12.1 Å². The smallest absolute Gasteiger partial charge is 0.347 e. The Morgan fingerprint density at radius 3 is 1.06 bits per heavy atom. The monoisotopic (exact) mass is 644 g/mol. The maximum atomic E-state index is 12.1. The lowest BCUT2D eigenvalue weighted by Gasteiger charge is -2.37. The molecule has 2 aliphatic heterocycles. The lowest BCUT2D eigenvalue weighted by Crippen LogP contribution is -2.30. The normalized spacial score (nSPS) is 13.4. The molecule has 0 fully saturated rings. The molecular weight excluding hydrogens is 620 g/mol. The van der Waals surface area contributed by atoms with Crippen molar-refractivity contribution in [2.45, 2.75) is 5.41 Å². The molecule has 0 atom stereocenters. The minimum Gasteiger partial charge on any atom is -0.457 e. The van der Waals surface area contributed by atoms with Gasteiger partial charge in [-0.25, -0.2) is 19.2 Å². The predicted octanol–water partition coefficient (Wildman–Crippen LogP) is 8.28. The van der Waals surface area contributed by atoms with Gasteiger partial charge in [0.05, 0.1) is 27.7 Å².